The number of nitrogen functional groups attached to an aromatic ring is 2. The smallest absolute Gasteiger partial charge is 0.376 e. The fourth-order valence-electron chi connectivity index (χ4n) is 4.37. The van der Waals surface area contributed by atoms with Gasteiger partial charge < -0.3 is 41.4 Å². The standard InChI is InChI=1S/C12H21BN4O.C7H17BN2O.C5H5ClN2.CH4/c1-13(18)16(2)10-6-8-17(9-7-10)12-5-3-4-11(14)15-12;1-8(11)10(2)7-3-5-9-6-4-7;6-4-2-1-3-5(7)8-4;/h3-5,10,18H,6-9H2,1-2H3,(H2,14,15);7,9,11H,3-6H2,1-2H3;1-3H,(H2,7,8);1H4. The molecule has 0 aliphatic carbocycles. The first-order chi connectivity index (χ1) is 17.6. The second kappa shape index (κ2) is 17.5. The molecule has 0 radical (unpaired) electrons. The van der Waals surface area contributed by atoms with Crippen LogP contribution in [0.1, 0.15) is 33.1 Å². The highest BCUT2D eigenvalue weighted by Crippen LogP contribution is 2.21. The van der Waals surface area contributed by atoms with Crippen molar-refractivity contribution in [1.29, 1.82) is 0 Å². The summed E-state index contributed by atoms with van der Waals surface area (Å²) in [6.45, 7) is 7.72. The number of nitrogens with zero attached hydrogens (tertiary/aromatic N) is 5. The van der Waals surface area contributed by atoms with Gasteiger partial charge in [-0.25, -0.2) is 9.97 Å². The first-order valence-electron chi connectivity index (χ1n) is 12.9. The molecule has 2 fully saturated rings. The molecule has 2 saturated heterocycles. The number of rotatable bonds is 5. The fourth-order valence-corrected chi connectivity index (χ4v) is 4.54. The molecule has 212 valence electrons. The molecular weight excluding hydrogens is 501 g/mol. The van der Waals surface area contributed by atoms with Crippen LogP contribution in [0.25, 0.3) is 0 Å². The van der Waals surface area contributed by atoms with Gasteiger partial charge in [0.2, 0.25) is 0 Å². The first-order valence-corrected chi connectivity index (χ1v) is 13.3. The summed E-state index contributed by atoms with van der Waals surface area (Å²) in [7, 11) is 3.27. The molecule has 0 amide bonds. The lowest BCUT2D eigenvalue weighted by Gasteiger charge is -2.37. The number of pyridine rings is 2. The zero-order valence-corrected chi connectivity index (χ0v) is 23.3. The summed E-state index contributed by atoms with van der Waals surface area (Å²) in [5.41, 5.74) is 11.0. The Labute approximate surface area is 235 Å². The van der Waals surface area contributed by atoms with Crippen molar-refractivity contribution in [3.05, 3.63) is 41.6 Å². The van der Waals surface area contributed by atoms with E-state index in [9.17, 15) is 10.0 Å². The van der Waals surface area contributed by atoms with Crippen molar-refractivity contribution in [2.45, 2.75) is 58.8 Å². The molecule has 0 saturated carbocycles. The fraction of sp³-hybridized carbons (Fsp3) is 0.600. The minimum absolute atomic E-state index is 0. The van der Waals surface area contributed by atoms with Crippen LogP contribution < -0.4 is 21.7 Å². The van der Waals surface area contributed by atoms with E-state index in [2.05, 4.69) is 20.2 Å². The maximum absolute atomic E-state index is 9.58. The number of hydrogen-bond donors (Lipinski definition) is 5. The van der Waals surface area contributed by atoms with Crippen LogP contribution in [0.2, 0.25) is 18.8 Å². The molecule has 0 spiro atoms. The van der Waals surface area contributed by atoms with Gasteiger partial charge in [0.15, 0.2) is 0 Å². The average Bonchev–Trinajstić information content (AvgIpc) is 2.89. The first kappa shape index (κ1) is 33.9. The van der Waals surface area contributed by atoms with Crippen LogP contribution in [0.15, 0.2) is 36.4 Å². The van der Waals surface area contributed by atoms with Crippen molar-refractivity contribution in [2.24, 2.45) is 0 Å². The number of hydrogen-bond acceptors (Lipinski definition) is 10. The summed E-state index contributed by atoms with van der Waals surface area (Å²) in [6.07, 6.45) is 4.39. The van der Waals surface area contributed by atoms with Crippen molar-refractivity contribution < 1.29 is 10.0 Å². The Bertz CT molecular complexity index is 899. The molecule has 2 aromatic heterocycles. The predicted octanol–water partition coefficient (Wildman–Crippen LogP) is 2.41. The van der Waals surface area contributed by atoms with Gasteiger partial charge in [-0.1, -0.05) is 31.2 Å². The van der Waals surface area contributed by atoms with Crippen LogP contribution >= 0.6 is 11.6 Å². The average molecular weight is 549 g/mol. The largest absolute Gasteiger partial charge is 0.437 e. The Hall–Kier alpha value is -2.08. The van der Waals surface area contributed by atoms with Crippen molar-refractivity contribution in [3.8, 4) is 0 Å². The summed E-state index contributed by atoms with van der Waals surface area (Å²) in [5.74, 6) is 1.97. The summed E-state index contributed by atoms with van der Waals surface area (Å²) >= 11 is 5.45. The predicted molar refractivity (Wildman–Crippen MR) is 163 cm³/mol. The molecule has 0 atom stereocenters. The monoisotopic (exact) mass is 548 g/mol. The zero-order chi connectivity index (χ0) is 27.4. The van der Waals surface area contributed by atoms with Gasteiger partial charge in [-0.2, -0.15) is 0 Å². The third kappa shape index (κ3) is 11.8. The summed E-state index contributed by atoms with van der Waals surface area (Å²) in [4.78, 5) is 14.4. The maximum atomic E-state index is 9.58. The SMILES string of the molecule is C.CB(O)N(C)C1CCN(c2cccc(N)n2)CC1.CB(O)N(C)C1CCNCC1.Nc1cccc(Cl)n1. The Balaban J connectivity index is 0.000000309. The van der Waals surface area contributed by atoms with Crippen molar-refractivity contribution >= 4 is 43.2 Å². The number of halogens is 1. The number of piperidine rings is 2. The lowest BCUT2D eigenvalue weighted by Crippen LogP contribution is -2.48. The third-order valence-electron chi connectivity index (χ3n) is 6.92. The van der Waals surface area contributed by atoms with Crippen molar-refractivity contribution in [2.75, 3.05) is 56.6 Å². The number of nitrogens with one attached hydrogen (secondary N) is 1. The van der Waals surface area contributed by atoms with Gasteiger partial charge in [-0.3, -0.25) is 0 Å². The minimum atomic E-state index is -0.382. The summed E-state index contributed by atoms with van der Waals surface area (Å²) < 4.78 is 0. The van der Waals surface area contributed by atoms with Crippen LogP contribution in [0, 0.1) is 0 Å². The van der Waals surface area contributed by atoms with Gasteiger partial charge in [0.05, 0.1) is 0 Å². The lowest BCUT2D eigenvalue weighted by molar-refractivity contribution is 0.270. The Morgan fingerprint density at radius 2 is 1.34 bits per heavy atom. The topological polar surface area (TPSA) is 140 Å². The summed E-state index contributed by atoms with van der Waals surface area (Å²) in [6, 6.07) is 11.9. The molecule has 10 nitrogen and oxygen atoms in total. The van der Waals surface area contributed by atoms with E-state index >= 15 is 0 Å². The molecule has 0 unspecified atom stereocenters. The molecule has 4 heterocycles. The summed E-state index contributed by atoms with van der Waals surface area (Å²) in [5, 5.41) is 22.6. The highest BCUT2D eigenvalue weighted by molar-refractivity contribution is 6.45. The molecule has 0 aromatic carbocycles. The number of anilines is 3. The van der Waals surface area contributed by atoms with Gasteiger partial charge >= 0.3 is 14.1 Å². The van der Waals surface area contributed by atoms with E-state index < -0.39 is 0 Å². The van der Waals surface area contributed by atoms with Crippen molar-refractivity contribution in [3.63, 3.8) is 0 Å². The van der Waals surface area contributed by atoms with E-state index in [1.54, 1.807) is 24.3 Å². The number of nitrogens with two attached hydrogens (primary N) is 2. The van der Waals surface area contributed by atoms with Gasteiger partial charge in [-0.15, -0.1) is 0 Å². The quantitative estimate of drug-likeness (QED) is 0.279. The minimum Gasteiger partial charge on any atom is -0.437 e. The molecular formula is C25H47B2ClN8O2. The second-order valence-electron chi connectivity index (χ2n) is 9.60. The molecule has 2 aliphatic rings. The van der Waals surface area contributed by atoms with Crippen LogP contribution in [0.4, 0.5) is 17.5 Å². The Morgan fingerprint density at radius 3 is 1.76 bits per heavy atom. The molecule has 13 heteroatoms. The Morgan fingerprint density at radius 1 is 0.868 bits per heavy atom. The van der Waals surface area contributed by atoms with E-state index in [0.29, 0.717) is 28.9 Å². The highest BCUT2D eigenvalue weighted by Gasteiger charge is 2.26. The van der Waals surface area contributed by atoms with Gasteiger partial charge in [0, 0.05) is 25.2 Å². The van der Waals surface area contributed by atoms with E-state index in [-0.39, 0.29) is 21.5 Å². The normalized spacial score (nSPS) is 16.1. The molecule has 7 N–H and O–H groups in total. The molecule has 2 aromatic rings. The van der Waals surface area contributed by atoms with Crippen LogP contribution in [-0.2, 0) is 0 Å². The van der Waals surface area contributed by atoms with Crippen LogP contribution in [-0.4, -0.2) is 96.1 Å². The molecule has 4 rings (SSSR count). The van der Waals surface area contributed by atoms with Gasteiger partial charge in [0.25, 0.3) is 0 Å². The van der Waals surface area contributed by atoms with E-state index in [1.165, 1.54) is 0 Å². The molecule has 0 bridgehead atoms. The van der Waals surface area contributed by atoms with Gasteiger partial charge in [-0.05, 0) is 90.8 Å². The van der Waals surface area contributed by atoms with Crippen LogP contribution in [0.5, 0.6) is 0 Å². The zero-order valence-electron chi connectivity index (χ0n) is 22.6. The lowest BCUT2D eigenvalue weighted by atomic mass is 9.82. The second-order valence-corrected chi connectivity index (χ2v) is 9.99. The van der Waals surface area contributed by atoms with E-state index in [0.717, 1.165) is 57.7 Å². The molecule has 38 heavy (non-hydrogen) atoms. The van der Waals surface area contributed by atoms with E-state index in [4.69, 9.17) is 23.1 Å². The molecule has 2 aliphatic heterocycles. The van der Waals surface area contributed by atoms with E-state index in [1.807, 2.05) is 49.5 Å². The highest BCUT2D eigenvalue weighted by atomic mass is 35.5. The van der Waals surface area contributed by atoms with Gasteiger partial charge in [0.1, 0.15) is 22.6 Å². The Kier molecular flexibility index (Phi) is 15.6. The number of aromatic nitrogens is 2. The van der Waals surface area contributed by atoms with Crippen LogP contribution in [0.3, 0.4) is 0 Å². The van der Waals surface area contributed by atoms with Crippen molar-refractivity contribution in [1.82, 2.24) is 24.9 Å². The third-order valence-corrected chi connectivity index (χ3v) is 7.13. The maximum Gasteiger partial charge on any atom is 0.376 e.